The van der Waals surface area contributed by atoms with Gasteiger partial charge < -0.3 is 9.84 Å². The van der Waals surface area contributed by atoms with Crippen LogP contribution in [0.3, 0.4) is 0 Å². The second-order valence-electron chi connectivity index (χ2n) is 5.64. The number of nitrogens with one attached hydrogen (secondary N) is 1. The van der Waals surface area contributed by atoms with Gasteiger partial charge in [-0.25, -0.2) is 5.43 Å². The fourth-order valence-corrected chi connectivity index (χ4v) is 2.39. The van der Waals surface area contributed by atoms with Crippen molar-refractivity contribution in [3.8, 4) is 11.5 Å². The number of aromatic hydroxyl groups is 1. The Morgan fingerprint density at radius 3 is 2.64 bits per heavy atom. The first-order valence-corrected chi connectivity index (χ1v) is 8.35. The van der Waals surface area contributed by atoms with Crippen LogP contribution in [-0.2, 0) is 4.79 Å². The van der Waals surface area contributed by atoms with Crippen LogP contribution in [-0.4, -0.2) is 23.3 Å². The van der Waals surface area contributed by atoms with Gasteiger partial charge in [-0.15, -0.1) is 0 Å². The van der Waals surface area contributed by atoms with Gasteiger partial charge in [0, 0.05) is 11.4 Å². The van der Waals surface area contributed by atoms with Crippen molar-refractivity contribution in [1.29, 1.82) is 0 Å². The molecule has 1 amide bonds. The van der Waals surface area contributed by atoms with Crippen molar-refractivity contribution in [2.45, 2.75) is 26.7 Å². The van der Waals surface area contributed by atoms with E-state index in [-0.39, 0.29) is 11.7 Å². The summed E-state index contributed by atoms with van der Waals surface area (Å²) in [5.74, 6) is 0.789. The lowest BCUT2D eigenvalue weighted by Crippen LogP contribution is -2.19. The SMILES string of the molecule is CC(=NNC(=O)CCCOc1ccc(Cl)cc1C)c1ccc(O)cc1. The number of ether oxygens (including phenoxy) is 1. The first-order valence-electron chi connectivity index (χ1n) is 7.97. The van der Waals surface area contributed by atoms with Gasteiger partial charge in [-0.1, -0.05) is 11.6 Å². The van der Waals surface area contributed by atoms with Crippen molar-refractivity contribution < 1.29 is 14.6 Å². The maximum absolute atomic E-state index is 11.8. The van der Waals surface area contributed by atoms with Gasteiger partial charge >= 0.3 is 0 Å². The lowest BCUT2D eigenvalue weighted by Gasteiger charge is -2.09. The fourth-order valence-electron chi connectivity index (χ4n) is 2.16. The van der Waals surface area contributed by atoms with Crippen molar-refractivity contribution >= 4 is 23.2 Å². The third kappa shape index (κ3) is 6.12. The molecule has 5 nitrogen and oxygen atoms in total. The van der Waals surface area contributed by atoms with Gasteiger partial charge in [0.15, 0.2) is 0 Å². The van der Waals surface area contributed by atoms with E-state index in [4.69, 9.17) is 16.3 Å². The van der Waals surface area contributed by atoms with Crippen molar-refractivity contribution in [2.75, 3.05) is 6.61 Å². The largest absolute Gasteiger partial charge is 0.508 e. The highest BCUT2D eigenvalue weighted by atomic mass is 35.5. The van der Waals surface area contributed by atoms with E-state index in [1.54, 1.807) is 37.3 Å². The van der Waals surface area contributed by atoms with E-state index in [2.05, 4.69) is 10.5 Å². The van der Waals surface area contributed by atoms with Crippen LogP contribution >= 0.6 is 11.6 Å². The molecule has 0 spiro atoms. The fraction of sp³-hybridized carbons (Fsp3) is 0.263. The summed E-state index contributed by atoms with van der Waals surface area (Å²) in [4.78, 5) is 11.8. The van der Waals surface area contributed by atoms with Crippen LogP contribution in [0, 0.1) is 6.92 Å². The molecule has 0 aliphatic rings. The minimum absolute atomic E-state index is 0.172. The van der Waals surface area contributed by atoms with Crippen LogP contribution < -0.4 is 10.2 Å². The first kappa shape index (κ1) is 18.8. The molecule has 0 bridgehead atoms. The molecule has 0 aliphatic heterocycles. The number of carbonyl (C=O) groups excluding carboxylic acids is 1. The quantitative estimate of drug-likeness (QED) is 0.444. The number of nitrogens with zero attached hydrogens (tertiary/aromatic N) is 1. The molecule has 25 heavy (non-hydrogen) atoms. The number of hydrogen-bond acceptors (Lipinski definition) is 4. The molecule has 2 rings (SSSR count). The Kier molecular flexibility index (Phi) is 6.83. The molecule has 0 unspecified atom stereocenters. The molecular weight excluding hydrogens is 340 g/mol. The molecule has 6 heteroatoms. The third-order valence-corrected chi connectivity index (χ3v) is 3.81. The summed E-state index contributed by atoms with van der Waals surface area (Å²) < 4.78 is 5.65. The van der Waals surface area contributed by atoms with Crippen molar-refractivity contribution in [3.63, 3.8) is 0 Å². The van der Waals surface area contributed by atoms with E-state index in [1.807, 2.05) is 19.1 Å². The Hall–Kier alpha value is -2.53. The Balaban J connectivity index is 1.73. The maximum Gasteiger partial charge on any atom is 0.240 e. The van der Waals surface area contributed by atoms with Crippen molar-refractivity contribution in [2.24, 2.45) is 5.10 Å². The minimum atomic E-state index is -0.172. The molecule has 0 atom stereocenters. The van der Waals surface area contributed by atoms with Crippen molar-refractivity contribution in [3.05, 3.63) is 58.6 Å². The number of rotatable bonds is 7. The van der Waals surface area contributed by atoms with Crippen molar-refractivity contribution in [1.82, 2.24) is 5.43 Å². The number of halogens is 1. The molecule has 0 fully saturated rings. The zero-order valence-corrected chi connectivity index (χ0v) is 15.0. The summed E-state index contributed by atoms with van der Waals surface area (Å²) in [6, 6.07) is 12.1. The summed E-state index contributed by atoms with van der Waals surface area (Å²) >= 11 is 5.90. The summed E-state index contributed by atoms with van der Waals surface area (Å²) in [5, 5.41) is 14.0. The van der Waals surface area contributed by atoms with Gasteiger partial charge in [0.2, 0.25) is 5.91 Å². The van der Waals surface area contributed by atoms with Gasteiger partial charge in [-0.2, -0.15) is 5.10 Å². The Morgan fingerprint density at radius 2 is 1.96 bits per heavy atom. The van der Waals surface area contributed by atoms with Gasteiger partial charge in [-0.05, 0) is 73.9 Å². The molecule has 0 heterocycles. The van der Waals surface area contributed by atoms with Gasteiger partial charge in [0.05, 0.1) is 12.3 Å². The highest BCUT2D eigenvalue weighted by Crippen LogP contribution is 2.21. The highest BCUT2D eigenvalue weighted by molar-refractivity contribution is 6.30. The second kappa shape index (κ2) is 9.08. The number of benzene rings is 2. The van der Waals surface area contributed by atoms with Crippen LogP contribution in [0.2, 0.25) is 5.02 Å². The van der Waals surface area contributed by atoms with Gasteiger partial charge in [0.25, 0.3) is 0 Å². The molecule has 0 aliphatic carbocycles. The average Bonchev–Trinajstić information content (AvgIpc) is 2.58. The van der Waals surface area contributed by atoms with Gasteiger partial charge in [-0.3, -0.25) is 4.79 Å². The molecule has 2 N–H and O–H groups in total. The molecular formula is C19H21ClN2O3. The Bertz CT molecular complexity index is 758. The second-order valence-corrected chi connectivity index (χ2v) is 6.08. The lowest BCUT2D eigenvalue weighted by atomic mass is 10.1. The summed E-state index contributed by atoms with van der Waals surface area (Å²) in [6.07, 6.45) is 0.903. The molecule has 0 saturated heterocycles. The van der Waals surface area contributed by atoms with E-state index in [0.717, 1.165) is 16.9 Å². The number of aryl methyl sites for hydroxylation is 1. The third-order valence-electron chi connectivity index (χ3n) is 3.58. The molecule has 132 valence electrons. The number of amides is 1. The van der Waals surface area contributed by atoms with E-state index in [1.165, 1.54) is 0 Å². The van der Waals surface area contributed by atoms with E-state index >= 15 is 0 Å². The highest BCUT2D eigenvalue weighted by Gasteiger charge is 2.04. The number of phenols is 1. The topological polar surface area (TPSA) is 70.9 Å². The van der Waals surface area contributed by atoms with E-state index < -0.39 is 0 Å². The first-order chi connectivity index (χ1) is 12.0. The molecule has 0 saturated carbocycles. The monoisotopic (exact) mass is 360 g/mol. The van der Waals surface area contributed by atoms with Gasteiger partial charge in [0.1, 0.15) is 11.5 Å². The van der Waals surface area contributed by atoms with E-state index in [9.17, 15) is 9.90 Å². The smallest absolute Gasteiger partial charge is 0.240 e. The summed E-state index contributed by atoms with van der Waals surface area (Å²) in [7, 11) is 0. The number of hydrazone groups is 1. The van der Waals surface area contributed by atoms with Crippen LogP contribution in [0.4, 0.5) is 0 Å². The standard InChI is InChI=1S/C19H21ClN2O3/c1-13-12-16(20)7-10-18(13)25-11-3-4-19(24)22-21-14(2)15-5-8-17(23)9-6-15/h5-10,12,23H,3-4,11H2,1-2H3,(H,22,24). The Morgan fingerprint density at radius 1 is 1.24 bits per heavy atom. The van der Waals surface area contributed by atoms with Crippen LogP contribution in [0.1, 0.15) is 30.9 Å². The lowest BCUT2D eigenvalue weighted by molar-refractivity contribution is -0.121. The predicted molar refractivity (Wildman–Crippen MR) is 99.4 cm³/mol. The predicted octanol–water partition coefficient (Wildman–Crippen LogP) is 4.05. The maximum atomic E-state index is 11.8. The zero-order valence-electron chi connectivity index (χ0n) is 14.3. The van der Waals surface area contributed by atoms with Crippen LogP contribution in [0.15, 0.2) is 47.6 Å². The van der Waals surface area contributed by atoms with Crippen LogP contribution in [0.5, 0.6) is 11.5 Å². The molecule has 0 aromatic heterocycles. The number of carbonyl (C=O) groups is 1. The van der Waals surface area contributed by atoms with Crippen LogP contribution in [0.25, 0.3) is 0 Å². The normalized spacial score (nSPS) is 11.2. The summed E-state index contributed by atoms with van der Waals surface area (Å²) in [5.41, 5.74) is 4.99. The average molecular weight is 361 g/mol. The minimum Gasteiger partial charge on any atom is -0.508 e. The Labute approximate surface area is 152 Å². The molecule has 0 radical (unpaired) electrons. The zero-order chi connectivity index (χ0) is 18.2. The molecule has 2 aromatic rings. The van der Waals surface area contributed by atoms with E-state index in [0.29, 0.717) is 30.2 Å². The summed E-state index contributed by atoms with van der Waals surface area (Å²) in [6.45, 7) is 4.16. The number of phenolic OH excluding ortho intramolecular Hbond substituents is 1. The number of hydrogen-bond donors (Lipinski definition) is 2. The molecule has 2 aromatic carbocycles.